The Labute approximate surface area is 171 Å². The lowest BCUT2D eigenvalue weighted by Gasteiger charge is -2.26. The summed E-state index contributed by atoms with van der Waals surface area (Å²) in [4.78, 5) is 24.7. The number of halogens is 1. The number of amides is 2. The first kappa shape index (κ1) is 20.2. The van der Waals surface area contributed by atoms with E-state index in [1.54, 1.807) is 24.3 Å². The van der Waals surface area contributed by atoms with Gasteiger partial charge >= 0.3 is 0 Å². The van der Waals surface area contributed by atoms with E-state index >= 15 is 0 Å². The molecule has 0 saturated heterocycles. The molecule has 2 aromatic rings. The summed E-state index contributed by atoms with van der Waals surface area (Å²) in [6.07, 6.45) is 3.92. The largest absolute Gasteiger partial charge is 0.399 e. The quantitative estimate of drug-likeness (QED) is 0.677. The van der Waals surface area contributed by atoms with Crippen LogP contribution in [0.2, 0.25) is 0 Å². The van der Waals surface area contributed by atoms with E-state index in [0.717, 1.165) is 42.6 Å². The molecule has 0 spiro atoms. The Bertz CT molecular complexity index is 882. The van der Waals surface area contributed by atoms with Crippen LogP contribution in [-0.2, 0) is 11.2 Å². The fourth-order valence-corrected chi connectivity index (χ4v) is 3.85. The van der Waals surface area contributed by atoms with Crippen LogP contribution in [0.4, 0.5) is 11.4 Å². The second-order valence-corrected chi connectivity index (χ2v) is 7.76. The summed E-state index contributed by atoms with van der Waals surface area (Å²) in [5.41, 5.74) is 10.3. The van der Waals surface area contributed by atoms with Gasteiger partial charge in [-0.15, -0.1) is 12.4 Å². The van der Waals surface area contributed by atoms with Crippen LogP contribution in [0.1, 0.15) is 53.7 Å². The Morgan fingerprint density at radius 3 is 2.50 bits per heavy atom. The first-order valence-electron chi connectivity index (χ1n) is 9.61. The maximum atomic E-state index is 12.7. The first-order valence-corrected chi connectivity index (χ1v) is 9.61. The van der Waals surface area contributed by atoms with Gasteiger partial charge in [-0.1, -0.05) is 13.0 Å². The zero-order chi connectivity index (χ0) is 19.0. The second-order valence-electron chi connectivity index (χ2n) is 7.76. The Morgan fingerprint density at radius 1 is 1.11 bits per heavy atom. The lowest BCUT2D eigenvalue weighted by atomic mass is 9.87. The Kier molecular flexibility index (Phi) is 5.94. The average molecular weight is 400 g/mol. The number of aryl methyl sites for hydroxylation is 1. The summed E-state index contributed by atoms with van der Waals surface area (Å²) in [5.74, 6) is 0.577. The van der Waals surface area contributed by atoms with Gasteiger partial charge in [-0.2, -0.15) is 0 Å². The minimum absolute atomic E-state index is 0. The number of carbonyl (C=O) groups is 2. The van der Waals surface area contributed by atoms with Gasteiger partial charge in [0.25, 0.3) is 5.91 Å². The fraction of sp³-hybridized carbons (Fsp3) is 0.364. The molecule has 3 atom stereocenters. The van der Waals surface area contributed by atoms with E-state index in [4.69, 9.17) is 5.73 Å². The zero-order valence-corrected chi connectivity index (χ0v) is 16.7. The van der Waals surface area contributed by atoms with Crippen molar-refractivity contribution in [3.8, 4) is 0 Å². The van der Waals surface area contributed by atoms with Crippen molar-refractivity contribution in [3.63, 3.8) is 0 Å². The molecule has 0 aliphatic heterocycles. The van der Waals surface area contributed by atoms with Crippen LogP contribution < -0.4 is 16.4 Å². The highest BCUT2D eigenvalue weighted by Crippen LogP contribution is 2.38. The summed E-state index contributed by atoms with van der Waals surface area (Å²) < 4.78 is 0. The van der Waals surface area contributed by atoms with Gasteiger partial charge in [-0.25, -0.2) is 0 Å². The highest BCUT2D eigenvalue weighted by atomic mass is 35.5. The molecule has 1 saturated carbocycles. The van der Waals surface area contributed by atoms with Crippen molar-refractivity contribution < 1.29 is 9.59 Å². The minimum atomic E-state index is -0.0987. The molecule has 2 amide bonds. The molecule has 0 aromatic heterocycles. The van der Waals surface area contributed by atoms with Crippen molar-refractivity contribution in [2.75, 3.05) is 11.1 Å². The van der Waals surface area contributed by atoms with Gasteiger partial charge in [0, 0.05) is 22.9 Å². The monoisotopic (exact) mass is 399 g/mol. The Morgan fingerprint density at radius 2 is 1.82 bits per heavy atom. The van der Waals surface area contributed by atoms with E-state index in [1.807, 2.05) is 18.2 Å². The highest BCUT2D eigenvalue weighted by molar-refractivity contribution is 5.97. The van der Waals surface area contributed by atoms with Crippen LogP contribution in [0.15, 0.2) is 42.5 Å². The SMILES string of the molecule is CC1CC1C(=O)Nc1ccc(C(=O)NC2CCCc3cc(N)ccc32)cc1.Cl. The van der Waals surface area contributed by atoms with Gasteiger partial charge < -0.3 is 16.4 Å². The number of nitrogens with one attached hydrogen (secondary N) is 2. The molecule has 148 valence electrons. The van der Waals surface area contributed by atoms with Crippen molar-refractivity contribution in [1.82, 2.24) is 5.32 Å². The first-order chi connectivity index (χ1) is 13.0. The van der Waals surface area contributed by atoms with Gasteiger partial charge in [0.1, 0.15) is 0 Å². The topological polar surface area (TPSA) is 84.2 Å². The molecule has 6 heteroatoms. The molecule has 0 radical (unpaired) electrons. The number of hydrogen-bond donors (Lipinski definition) is 3. The third kappa shape index (κ3) is 4.30. The molecule has 1 fully saturated rings. The van der Waals surface area contributed by atoms with Crippen LogP contribution in [0.3, 0.4) is 0 Å². The maximum Gasteiger partial charge on any atom is 0.251 e. The average Bonchev–Trinajstić information content (AvgIpc) is 3.39. The smallest absolute Gasteiger partial charge is 0.251 e. The summed E-state index contributed by atoms with van der Waals surface area (Å²) in [6, 6.07) is 13.0. The van der Waals surface area contributed by atoms with E-state index in [1.165, 1.54) is 5.56 Å². The van der Waals surface area contributed by atoms with Gasteiger partial charge in [0.15, 0.2) is 0 Å². The lowest BCUT2D eigenvalue weighted by molar-refractivity contribution is -0.117. The standard InChI is InChI=1S/C22H25N3O2.ClH/c1-13-11-19(13)22(27)24-17-8-5-14(6-9-17)21(26)25-20-4-2-3-15-12-16(23)7-10-18(15)20;/h5-10,12-13,19-20H,2-4,11,23H2,1H3,(H,24,27)(H,25,26);1H. The molecule has 3 unspecified atom stereocenters. The van der Waals surface area contributed by atoms with Crippen LogP contribution in [-0.4, -0.2) is 11.8 Å². The van der Waals surface area contributed by atoms with Gasteiger partial charge in [-0.05, 0) is 79.1 Å². The number of benzene rings is 2. The molecule has 0 heterocycles. The lowest BCUT2D eigenvalue weighted by Crippen LogP contribution is -2.31. The van der Waals surface area contributed by atoms with E-state index < -0.39 is 0 Å². The fourth-order valence-electron chi connectivity index (χ4n) is 3.85. The second kappa shape index (κ2) is 8.23. The van der Waals surface area contributed by atoms with Crippen molar-refractivity contribution in [2.24, 2.45) is 11.8 Å². The minimum Gasteiger partial charge on any atom is -0.399 e. The highest BCUT2D eigenvalue weighted by Gasteiger charge is 2.39. The Hall–Kier alpha value is -2.53. The van der Waals surface area contributed by atoms with E-state index in [9.17, 15) is 9.59 Å². The molecule has 4 rings (SSSR count). The summed E-state index contributed by atoms with van der Waals surface area (Å²) >= 11 is 0. The van der Waals surface area contributed by atoms with Crippen molar-refractivity contribution in [1.29, 1.82) is 0 Å². The predicted molar refractivity (Wildman–Crippen MR) is 114 cm³/mol. The number of carbonyl (C=O) groups excluding carboxylic acids is 2. The van der Waals surface area contributed by atoms with Crippen LogP contribution >= 0.6 is 12.4 Å². The van der Waals surface area contributed by atoms with Crippen molar-refractivity contribution >= 4 is 35.6 Å². The zero-order valence-electron chi connectivity index (χ0n) is 15.9. The number of nitrogens with two attached hydrogens (primary N) is 1. The molecule has 28 heavy (non-hydrogen) atoms. The normalized spacial score (nSPS) is 22.4. The predicted octanol–water partition coefficient (Wildman–Crippen LogP) is 4.09. The third-order valence-electron chi connectivity index (χ3n) is 5.65. The van der Waals surface area contributed by atoms with Crippen molar-refractivity contribution in [3.05, 3.63) is 59.2 Å². The maximum absolute atomic E-state index is 12.7. The number of nitrogen functional groups attached to an aromatic ring is 1. The van der Waals surface area contributed by atoms with Gasteiger partial charge in [-0.3, -0.25) is 9.59 Å². The molecule has 4 N–H and O–H groups in total. The van der Waals surface area contributed by atoms with Crippen LogP contribution in [0.5, 0.6) is 0 Å². The molecule has 2 aliphatic carbocycles. The Balaban J connectivity index is 0.00000225. The van der Waals surface area contributed by atoms with Crippen molar-refractivity contribution in [2.45, 2.75) is 38.6 Å². The molecule has 0 bridgehead atoms. The van der Waals surface area contributed by atoms with Gasteiger partial charge in [0.05, 0.1) is 6.04 Å². The third-order valence-corrected chi connectivity index (χ3v) is 5.65. The van der Waals surface area contributed by atoms with E-state index in [2.05, 4.69) is 17.6 Å². The van der Waals surface area contributed by atoms with Gasteiger partial charge in [0.2, 0.25) is 5.91 Å². The number of rotatable bonds is 4. The van der Waals surface area contributed by atoms with Crippen LogP contribution in [0.25, 0.3) is 0 Å². The number of anilines is 2. The summed E-state index contributed by atoms with van der Waals surface area (Å²) in [5, 5.41) is 6.06. The van der Waals surface area contributed by atoms with E-state index in [-0.39, 0.29) is 36.2 Å². The molecule has 2 aromatic carbocycles. The summed E-state index contributed by atoms with van der Waals surface area (Å²) in [7, 11) is 0. The van der Waals surface area contributed by atoms with E-state index in [0.29, 0.717) is 11.5 Å². The number of fused-ring (bicyclic) bond motifs is 1. The summed E-state index contributed by atoms with van der Waals surface area (Å²) in [6.45, 7) is 2.08. The molecular formula is C22H26ClN3O2. The van der Waals surface area contributed by atoms with Crippen LogP contribution in [0, 0.1) is 11.8 Å². The number of hydrogen-bond acceptors (Lipinski definition) is 3. The molecular weight excluding hydrogens is 374 g/mol. The molecule has 5 nitrogen and oxygen atoms in total. The molecule has 2 aliphatic rings.